The number of hydrogen-bond donors (Lipinski definition) is 1. The van der Waals surface area contributed by atoms with E-state index in [1.165, 1.54) is 6.07 Å². The average Bonchev–Trinajstić information content (AvgIpc) is 3.07. The molecule has 1 aliphatic heterocycles. The highest BCUT2D eigenvalue weighted by Crippen LogP contribution is 2.27. The molecule has 0 spiro atoms. The van der Waals surface area contributed by atoms with Crippen molar-refractivity contribution in [2.24, 2.45) is 5.92 Å². The molecule has 0 saturated carbocycles. The third-order valence-corrected chi connectivity index (χ3v) is 6.26. The van der Waals surface area contributed by atoms with Crippen LogP contribution in [0.5, 0.6) is 5.75 Å². The summed E-state index contributed by atoms with van der Waals surface area (Å²) in [5.74, 6) is 0.237. The van der Waals surface area contributed by atoms with Crippen LogP contribution in [-0.2, 0) is 17.9 Å². The van der Waals surface area contributed by atoms with E-state index in [0.29, 0.717) is 43.2 Å². The number of ether oxygens (including phenoxy) is 1. The smallest absolute Gasteiger partial charge is 0.322 e. The molecule has 1 N–H and O–H groups in total. The minimum absolute atomic E-state index is 0.0383. The van der Waals surface area contributed by atoms with E-state index in [4.69, 9.17) is 4.74 Å². The van der Waals surface area contributed by atoms with Crippen LogP contribution in [0.25, 0.3) is 0 Å². The number of urea groups is 1. The molecule has 1 heterocycles. The number of nitrogens with one attached hydrogen (secondary N) is 1. The van der Waals surface area contributed by atoms with Crippen molar-refractivity contribution in [1.82, 2.24) is 4.90 Å². The summed E-state index contributed by atoms with van der Waals surface area (Å²) in [7, 11) is 0. The highest BCUT2D eigenvalue weighted by molar-refractivity contribution is 5.94. The Balaban J connectivity index is 1.54. The molecule has 3 aromatic rings. The molecular weight excluding hydrogens is 457 g/mol. The Morgan fingerprint density at radius 2 is 1.81 bits per heavy atom. The molecule has 188 valence electrons. The topological polar surface area (TPSA) is 61.9 Å². The molecule has 1 aliphatic rings. The minimum atomic E-state index is -0.365. The second-order valence-electron chi connectivity index (χ2n) is 9.52. The predicted octanol–water partition coefficient (Wildman–Crippen LogP) is 6.06. The molecule has 3 aromatic carbocycles. The highest BCUT2D eigenvalue weighted by Gasteiger charge is 2.23. The van der Waals surface area contributed by atoms with Gasteiger partial charge in [0.25, 0.3) is 0 Å². The van der Waals surface area contributed by atoms with Crippen molar-refractivity contribution in [2.75, 3.05) is 23.4 Å². The number of carbonyl (C=O) groups excluding carboxylic acids is 2. The van der Waals surface area contributed by atoms with Gasteiger partial charge in [0.05, 0.1) is 19.6 Å². The third-order valence-electron chi connectivity index (χ3n) is 6.26. The zero-order valence-electron chi connectivity index (χ0n) is 21.2. The molecule has 6 nitrogen and oxygen atoms in total. The van der Waals surface area contributed by atoms with Crippen molar-refractivity contribution in [1.29, 1.82) is 0 Å². The number of carbonyl (C=O) groups is 2. The van der Waals surface area contributed by atoms with Gasteiger partial charge in [-0.25, -0.2) is 9.18 Å². The van der Waals surface area contributed by atoms with E-state index in [1.807, 2.05) is 63.2 Å². The maximum absolute atomic E-state index is 13.9. The SMILES string of the molecule is Cc1ccc(N(Cc2ccc3c(c2)CN(C(=O)Nc2ccc(C)c(F)c2)CCO3)C(=O)C(C)C)cc1. The summed E-state index contributed by atoms with van der Waals surface area (Å²) >= 11 is 0. The molecule has 36 heavy (non-hydrogen) atoms. The maximum Gasteiger partial charge on any atom is 0.322 e. The molecule has 7 heteroatoms. The number of rotatable bonds is 5. The van der Waals surface area contributed by atoms with Gasteiger partial charge >= 0.3 is 6.03 Å². The Bertz CT molecular complexity index is 1260. The van der Waals surface area contributed by atoms with Gasteiger partial charge in [-0.1, -0.05) is 43.7 Å². The van der Waals surface area contributed by atoms with E-state index in [1.54, 1.807) is 28.9 Å². The van der Waals surface area contributed by atoms with Crippen molar-refractivity contribution in [3.8, 4) is 5.75 Å². The first-order chi connectivity index (χ1) is 17.2. The van der Waals surface area contributed by atoms with Crippen LogP contribution in [0.2, 0.25) is 0 Å². The third kappa shape index (κ3) is 5.85. The van der Waals surface area contributed by atoms with Gasteiger partial charge < -0.3 is 19.9 Å². The van der Waals surface area contributed by atoms with Gasteiger partial charge in [0.15, 0.2) is 0 Å². The predicted molar refractivity (Wildman–Crippen MR) is 140 cm³/mol. The summed E-state index contributed by atoms with van der Waals surface area (Å²) in [6.07, 6.45) is 0. The normalized spacial score (nSPS) is 13.0. The van der Waals surface area contributed by atoms with Crippen molar-refractivity contribution in [3.63, 3.8) is 0 Å². The number of aryl methyl sites for hydroxylation is 2. The Labute approximate surface area is 211 Å². The number of anilines is 2. The van der Waals surface area contributed by atoms with Gasteiger partial charge in [-0.15, -0.1) is 0 Å². The fourth-order valence-electron chi connectivity index (χ4n) is 4.11. The quantitative estimate of drug-likeness (QED) is 0.474. The van der Waals surface area contributed by atoms with Crippen LogP contribution in [0.1, 0.15) is 36.1 Å². The lowest BCUT2D eigenvalue weighted by Gasteiger charge is -2.26. The largest absolute Gasteiger partial charge is 0.491 e. The number of halogens is 1. The first-order valence-electron chi connectivity index (χ1n) is 12.2. The fourth-order valence-corrected chi connectivity index (χ4v) is 4.11. The summed E-state index contributed by atoms with van der Waals surface area (Å²) in [4.78, 5) is 29.4. The molecular formula is C29H32FN3O3. The molecule has 0 bridgehead atoms. The molecule has 0 aromatic heterocycles. The van der Waals surface area contributed by atoms with Crippen molar-refractivity contribution in [3.05, 3.63) is 88.7 Å². The standard InChI is InChI=1S/C29H32FN3O3/c1-19(2)28(34)33(25-10-5-20(3)6-11-25)17-22-8-12-27-23(15-22)18-32(13-14-36-27)29(35)31-24-9-7-21(4)26(30)16-24/h5-12,15-16,19H,13-14,17-18H2,1-4H3,(H,31,35). The van der Waals surface area contributed by atoms with E-state index in [2.05, 4.69) is 5.32 Å². The van der Waals surface area contributed by atoms with Crippen LogP contribution in [0.15, 0.2) is 60.7 Å². The maximum atomic E-state index is 13.9. The van der Waals surface area contributed by atoms with E-state index in [9.17, 15) is 14.0 Å². The summed E-state index contributed by atoms with van der Waals surface area (Å²) < 4.78 is 19.8. The van der Waals surface area contributed by atoms with Gasteiger partial charge in [-0.3, -0.25) is 4.79 Å². The second-order valence-corrected chi connectivity index (χ2v) is 9.52. The van der Waals surface area contributed by atoms with Gasteiger partial charge in [0, 0.05) is 22.9 Å². The van der Waals surface area contributed by atoms with Crippen molar-refractivity contribution < 1.29 is 18.7 Å². The van der Waals surface area contributed by atoms with Crippen LogP contribution in [-0.4, -0.2) is 30.0 Å². The average molecular weight is 490 g/mol. The highest BCUT2D eigenvalue weighted by atomic mass is 19.1. The number of amides is 3. The van der Waals surface area contributed by atoms with Crippen molar-refractivity contribution >= 4 is 23.3 Å². The second kappa shape index (κ2) is 10.8. The van der Waals surface area contributed by atoms with Crippen molar-refractivity contribution in [2.45, 2.75) is 40.8 Å². The molecule has 0 saturated heterocycles. The van der Waals surface area contributed by atoms with Gasteiger partial charge in [-0.05, 0) is 61.4 Å². The Kier molecular flexibility index (Phi) is 7.58. The van der Waals surface area contributed by atoms with E-state index < -0.39 is 0 Å². The number of nitrogens with zero attached hydrogens (tertiary/aromatic N) is 2. The zero-order valence-corrected chi connectivity index (χ0v) is 21.2. The summed E-state index contributed by atoms with van der Waals surface area (Å²) in [5, 5.41) is 2.78. The Morgan fingerprint density at radius 1 is 1.06 bits per heavy atom. The monoisotopic (exact) mass is 489 g/mol. The summed E-state index contributed by atoms with van der Waals surface area (Å²) in [6, 6.07) is 18.1. The zero-order chi connectivity index (χ0) is 25.8. The Hall–Kier alpha value is -3.87. The fraction of sp³-hybridized carbons (Fsp3) is 0.310. The summed E-state index contributed by atoms with van der Waals surface area (Å²) in [5.41, 5.74) is 4.70. The van der Waals surface area contributed by atoms with Gasteiger partial charge in [0.1, 0.15) is 18.2 Å². The molecule has 0 fully saturated rings. The summed E-state index contributed by atoms with van der Waals surface area (Å²) in [6.45, 7) is 8.97. The lowest BCUT2D eigenvalue weighted by Crippen LogP contribution is -2.36. The Morgan fingerprint density at radius 3 is 2.50 bits per heavy atom. The lowest BCUT2D eigenvalue weighted by atomic mass is 10.1. The van der Waals surface area contributed by atoms with Crippen LogP contribution in [0.3, 0.4) is 0 Å². The van der Waals surface area contributed by atoms with Crippen LogP contribution in [0.4, 0.5) is 20.6 Å². The molecule has 0 aliphatic carbocycles. The first-order valence-corrected chi connectivity index (χ1v) is 12.2. The van der Waals surface area contributed by atoms with Crippen LogP contribution in [0, 0.1) is 25.6 Å². The minimum Gasteiger partial charge on any atom is -0.491 e. The molecule has 0 radical (unpaired) electrons. The van der Waals surface area contributed by atoms with Gasteiger partial charge in [0.2, 0.25) is 5.91 Å². The number of fused-ring (bicyclic) bond motifs is 1. The van der Waals surface area contributed by atoms with Gasteiger partial charge in [-0.2, -0.15) is 0 Å². The molecule has 0 unspecified atom stereocenters. The van der Waals surface area contributed by atoms with Crippen LogP contribution < -0.4 is 15.0 Å². The molecule has 4 rings (SSSR count). The van der Waals surface area contributed by atoms with Crippen LogP contribution >= 0.6 is 0 Å². The number of benzene rings is 3. The molecule has 0 atom stereocenters. The van der Waals surface area contributed by atoms with E-state index in [-0.39, 0.29) is 23.7 Å². The lowest BCUT2D eigenvalue weighted by molar-refractivity contribution is -0.121. The van der Waals surface area contributed by atoms with E-state index in [0.717, 1.165) is 22.4 Å². The molecule has 3 amide bonds. The van der Waals surface area contributed by atoms with E-state index >= 15 is 0 Å². The number of hydrogen-bond acceptors (Lipinski definition) is 3. The first kappa shape index (κ1) is 25.2.